The SMILES string of the molecule is CC1(C)OC(CO)C(C(O)C(O)C2SCCCS2)O1. The van der Waals surface area contributed by atoms with E-state index in [-0.39, 0.29) is 11.2 Å². The van der Waals surface area contributed by atoms with E-state index in [1.807, 2.05) is 0 Å². The molecule has 2 heterocycles. The normalized spacial score (nSPS) is 35.2. The van der Waals surface area contributed by atoms with Crippen LogP contribution >= 0.6 is 23.5 Å². The molecule has 0 aliphatic carbocycles. The summed E-state index contributed by atoms with van der Waals surface area (Å²) in [6, 6.07) is 0. The van der Waals surface area contributed by atoms with Gasteiger partial charge in [0.1, 0.15) is 24.4 Å². The monoisotopic (exact) mass is 310 g/mol. The minimum absolute atomic E-state index is 0.0459. The van der Waals surface area contributed by atoms with Crippen molar-refractivity contribution in [3.8, 4) is 0 Å². The maximum atomic E-state index is 10.3. The Bertz CT molecular complexity index is 296. The van der Waals surface area contributed by atoms with Crippen molar-refractivity contribution in [1.82, 2.24) is 0 Å². The molecule has 2 saturated heterocycles. The summed E-state index contributed by atoms with van der Waals surface area (Å²) < 4.78 is 11.1. The summed E-state index contributed by atoms with van der Waals surface area (Å²) in [7, 11) is 0. The second-order valence-corrected chi connectivity index (χ2v) is 8.06. The Balaban J connectivity index is 1.99. The highest BCUT2D eigenvalue weighted by molar-refractivity contribution is 8.17. The number of hydrogen-bond donors (Lipinski definition) is 3. The van der Waals surface area contributed by atoms with Crippen LogP contribution in [-0.2, 0) is 9.47 Å². The topological polar surface area (TPSA) is 79.2 Å². The third-order valence-electron chi connectivity index (χ3n) is 3.22. The van der Waals surface area contributed by atoms with Crippen LogP contribution in [0.5, 0.6) is 0 Å². The van der Waals surface area contributed by atoms with Gasteiger partial charge in [-0.1, -0.05) is 0 Å². The third-order valence-corrected chi connectivity index (χ3v) is 6.30. The van der Waals surface area contributed by atoms with Gasteiger partial charge in [-0.25, -0.2) is 0 Å². The Morgan fingerprint density at radius 2 is 1.79 bits per heavy atom. The molecular weight excluding hydrogens is 288 g/mol. The van der Waals surface area contributed by atoms with Gasteiger partial charge in [-0.3, -0.25) is 0 Å². The Hall–Kier alpha value is 0.500. The van der Waals surface area contributed by atoms with Crippen LogP contribution in [0.2, 0.25) is 0 Å². The first-order chi connectivity index (χ1) is 8.94. The average Bonchev–Trinajstić information content (AvgIpc) is 2.73. The van der Waals surface area contributed by atoms with Crippen LogP contribution in [0.4, 0.5) is 0 Å². The zero-order valence-electron chi connectivity index (χ0n) is 11.2. The molecule has 0 radical (unpaired) electrons. The summed E-state index contributed by atoms with van der Waals surface area (Å²) >= 11 is 3.32. The molecule has 2 aliphatic heterocycles. The minimum Gasteiger partial charge on any atom is -0.394 e. The highest BCUT2D eigenvalue weighted by Gasteiger charge is 2.47. The lowest BCUT2D eigenvalue weighted by Crippen LogP contribution is -2.48. The smallest absolute Gasteiger partial charge is 0.164 e. The van der Waals surface area contributed by atoms with E-state index < -0.39 is 30.2 Å². The van der Waals surface area contributed by atoms with E-state index in [0.717, 1.165) is 17.9 Å². The minimum atomic E-state index is -1.05. The second-order valence-electron chi connectivity index (χ2n) is 5.27. The van der Waals surface area contributed by atoms with Gasteiger partial charge in [0.2, 0.25) is 0 Å². The van der Waals surface area contributed by atoms with Gasteiger partial charge in [0.25, 0.3) is 0 Å². The zero-order chi connectivity index (χ0) is 14.0. The zero-order valence-corrected chi connectivity index (χ0v) is 12.8. The van der Waals surface area contributed by atoms with Crippen molar-refractivity contribution >= 4 is 23.5 Å². The van der Waals surface area contributed by atoms with Gasteiger partial charge in [-0.2, -0.15) is 0 Å². The maximum absolute atomic E-state index is 10.3. The number of aliphatic hydroxyl groups excluding tert-OH is 3. The van der Waals surface area contributed by atoms with Crippen LogP contribution in [0.3, 0.4) is 0 Å². The molecule has 0 aromatic heterocycles. The van der Waals surface area contributed by atoms with Gasteiger partial charge in [-0.15, -0.1) is 23.5 Å². The Kier molecular flexibility index (Phi) is 5.44. The number of hydrogen-bond acceptors (Lipinski definition) is 7. The number of ether oxygens (including phenoxy) is 2. The van der Waals surface area contributed by atoms with Crippen molar-refractivity contribution in [3.63, 3.8) is 0 Å². The molecule has 0 bridgehead atoms. The molecule has 2 fully saturated rings. The third kappa shape index (κ3) is 3.78. The average molecular weight is 310 g/mol. The lowest BCUT2D eigenvalue weighted by molar-refractivity contribution is -0.162. The fourth-order valence-electron chi connectivity index (χ4n) is 2.35. The quantitative estimate of drug-likeness (QED) is 0.694. The predicted octanol–water partition coefficient (Wildman–Crippen LogP) is 0.417. The molecule has 112 valence electrons. The van der Waals surface area contributed by atoms with Gasteiger partial charge in [0.15, 0.2) is 5.79 Å². The summed E-state index contributed by atoms with van der Waals surface area (Å²) in [6.45, 7) is 3.24. The molecule has 2 aliphatic rings. The van der Waals surface area contributed by atoms with Crippen molar-refractivity contribution in [3.05, 3.63) is 0 Å². The highest BCUT2D eigenvalue weighted by atomic mass is 32.2. The number of rotatable bonds is 4. The van der Waals surface area contributed by atoms with Gasteiger partial charge >= 0.3 is 0 Å². The van der Waals surface area contributed by atoms with Crippen LogP contribution in [-0.4, -0.2) is 68.2 Å². The summed E-state index contributed by atoms with van der Waals surface area (Å²) in [5, 5.41) is 29.9. The van der Waals surface area contributed by atoms with E-state index in [9.17, 15) is 15.3 Å². The van der Waals surface area contributed by atoms with E-state index in [2.05, 4.69) is 0 Å². The lowest BCUT2D eigenvalue weighted by atomic mass is 10.0. The first kappa shape index (κ1) is 15.9. The number of thioether (sulfide) groups is 2. The highest BCUT2D eigenvalue weighted by Crippen LogP contribution is 2.37. The Morgan fingerprint density at radius 3 is 2.37 bits per heavy atom. The van der Waals surface area contributed by atoms with Crippen molar-refractivity contribution in [2.75, 3.05) is 18.1 Å². The van der Waals surface area contributed by atoms with E-state index in [1.165, 1.54) is 0 Å². The summed E-state index contributed by atoms with van der Waals surface area (Å²) in [5.41, 5.74) is 0. The lowest BCUT2D eigenvalue weighted by Gasteiger charge is -2.32. The maximum Gasteiger partial charge on any atom is 0.164 e. The van der Waals surface area contributed by atoms with Gasteiger partial charge in [-0.05, 0) is 31.8 Å². The molecule has 5 nitrogen and oxygen atoms in total. The first-order valence-electron chi connectivity index (χ1n) is 6.50. The predicted molar refractivity (Wildman–Crippen MR) is 76.2 cm³/mol. The van der Waals surface area contributed by atoms with E-state index in [1.54, 1.807) is 37.4 Å². The van der Waals surface area contributed by atoms with Crippen molar-refractivity contribution < 1.29 is 24.8 Å². The Labute approximate surface area is 122 Å². The van der Waals surface area contributed by atoms with Gasteiger partial charge in [0, 0.05) is 0 Å². The summed E-state index contributed by atoms with van der Waals surface area (Å²) in [6.07, 6.45) is -2.10. The number of aliphatic hydroxyl groups is 3. The molecule has 0 amide bonds. The fourth-order valence-corrected chi connectivity index (χ4v) is 5.30. The van der Waals surface area contributed by atoms with Crippen molar-refractivity contribution in [2.45, 2.75) is 55.1 Å². The molecule has 3 N–H and O–H groups in total. The standard InChI is InChI=1S/C12H22O5S2/c1-12(2)16-7(6-13)10(17-12)8(14)9(15)11-18-4-3-5-19-11/h7-11,13-15H,3-6H2,1-2H3. The Morgan fingerprint density at radius 1 is 1.16 bits per heavy atom. The van der Waals surface area contributed by atoms with Crippen molar-refractivity contribution in [2.24, 2.45) is 0 Å². The summed E-state index contributed by atoms with van der Waals surface area (Å²) in [4.78, 5) is 0. The van der Waals surface area contributed by atoms with Crippen LogP contribution in [0.25, 0.3) is 0 Å². The van der Waals surface area contributed by atoms with Crippen LogP contribution < -0.4 is 0 Å². The fraction of sp³-hybridized carbons (Fsp3) is 1.00. The molecule has 0 aromatic carbocycles. The van der Waals surface area contributed by atoms with Crippen molar-refractivity contribution in [1.29, 1.82) is 0 Å². The second kappa shape index (κ2) is 6.51. The van der Waals surface area contributed by atoms with E-state index in [4.69, 9.17) is 9.47 Å². The molecule has 0 spiro atoms. The molecule has 0 aromatic rings. The van der Waals surface area contributed by atoms with Gasteiger partial charge < -0.3 is 24.8 Å². The molecular formula is C12H22O5S2. The van der Waals surface area contributed by atoms with E-state index >= 15 is 0 Å². The van der Waals surface area contributed by atoms with Crippen LogP contribution in [0.15, 0.2) is 0 Å². The summed E-state index contributed by atoms with van der Waals surface area (Å²) in [5.74, 6) is 1.16. The van der Waals surface area contributed by atoms with Crippen LogP contribution in [0.1, 0.15) is 20.3 Å². The molecule has 0 saturated carbocycles. The molecule has 4 unspecified atom stereocenters. The molecule has 4 atom stereocenters. The molecule has 7 heteroatoms. The van der Waals surface area contributed by atoms with Crippen LogP contribution in [0, 0.1) is 0 Å². The molecule has 2 rings (SSSR count). The van der Waals surface area contributed by atoms with Gasteiger partial charge in [0.05, 0.1) is 11.2 Å². The van der Waals surface area contributed by atoms with E-state index in [0.29, 0.717) is 0 Å². The largest absolute Gasteiger partial charge is 0.394 e. The molecule has 19 heavy (non-hydrogen) atoms. The first-order valence-corrected chi connectivity index (χ1v) is 8.60.